The number of hydrogen-bond acceptors (Lipinski definition) is 8. The van der Waals surface area contributed by atoms with E-state index in [1.54, 1.807) is 18.2 Å². The Bertz CT molecular complexity index is 1680. The standard InChI is InChI=1S/C30H31F4N7O3/c1-43-24-14-17(2-9-23(24)38-29(42)21-8-3-18(15-22(21)31)30(32,33)34)26-25-27(35)36-16-37-28(25)41(39-26)20-6-4-19(5-7-20)40-10-12-44-13-11-40/h2-3,8-9,14-16,19-20H,4-7,10-13H2,1H3,(H,38,42)(H2,35,36,37). The van der Waals surface area contributed by atoms with Crippen molar-refractivity contribution in [3.8, 4) is 17.0 Å². The first-order chi connectivity index (χ1) is 21.1. The van der Waals surface area contributed by atoms with Crippen LogP contribution in [0, 0.1) is 5.82 Å². The number of amides is 1. The van der Waals surface area contributed by atoms with Gasteiger partial charge in [-0.1, -0.05) is 6.07 Å². The molecule has 1 amide bonds. The zero-order chi connectivity index (χ0) is 31.0. The lowest BCUT2D eigenvalue weighted by Crippen LogP contribution is -2.45. The van der Waals surface area contributed by atoms with Crippen molar-refractivity contribution in [1.82, 2.24) is 24.6 Å². The highest BCUT2D eigenvalue weighted by atomic mass is 19.4. The minimum atomic E-state index is -4.73. The lowest BCUT2D eigenvalue weighted by Gasteiger charge is -2.38. The normalized spacial score (nSPS) is 19.7. The van der Waals surface area contributed by atoms with E-state index in [0.29, 0.717) is 34.4 Å². The smallest absolute Gasteiger partial charge is 0.416 e. The lowest BCUT2D eigenvalue weighted by atomic mass is 9.90. The van der Waals surface area contributed by atoms with Crippen molar-refractivity contribution < 1.29 is 31.8 Å². The Labute approximate surface area is 250 Å². The van der Waals surface area contributed by atoms with Crippen molar-refractivity contribution in [2.24, 2.45) is 0 Å². The number of carbonyl (C=O) groups is 1. The summed E-state index contributed by atoms with van der Waals surface area (Å²) >= 11 is 0. The molecule has 44 heavy (non-hydrogen) atoms. The molecular weight excluding hydrogens is 582 g/mol. The molecule has 1 saturated carbocycles. The molecule has 0 radical (unpaired) electrons. The second-order valence-corrected chi connectivity index (χ2v) is 10.9. The second-order valence-electron chi connectivity index (χ2n) is 10.9. The number of methoxy groups -OCH3 is 1. The SMILES string of the molecule is COc1cc(-c2nn(C3CCC(N4CCOCC4)CC3)c3ncnc(N)c23)ccc1NC(=O)c1ccc(C(F)(F)F)cc1F. The number of halogens is 4. The summed E-state index contributed by atoms with van der Waals surface area (Å²) < 4.78 is 66.1. The molecule has 10 nitrogen and oxygen atoms in total. The number of fused-ring (bicyclic) bond motifs is 1. The summed E-state index contributed by atoms with van der Waals surface area (Å²) in [5, 5.41) is 8.06. The number of ether oxygens (including phenoxy) is 2. The van der Waals surface area contributed by atoms with Gasteiger partial charge in [-0.2, -0.15) is 18.3 Å². The molecule has 2 aromatic heterocycles. The van der Waals surface area contributed by atoms with Crippen LogP contribution in [0.2, 0.25) is 0 Å². The van der Waals surface area contributed by atoms with Crippen LogP contribution in [0.15, 0.2) is 42.7 Å². The van der Waals surface area contributed by atoms with Gasteiger partial charge in [0.25, 0.3) is 5.91 Å². The van der Waals surface area contributed by atoms with Crippen LogP contribution >= 0.6 is 0 Å². The summed E-state index contributed by atoms with van der Waals surface area (Å²) in [7, 11) is 1.40. The Morgan fingerprint density at radius 1 is 1.05 bits per heavy atom. The maximum Gasteiger partial charge on any atom is 0.416 e. The number of nitrogen functional groups attached to an aromatic ring is 1. The molecule has 6 rings (SSSR count). The average molecular weight is 614 g/mol. The molecule has 232 valence electrons. The fraction of sp³-hybridized carbons (Fsp3) is 0.400. The van der Waals surface area contributed by atoms with Gasteiger partial charge < -0.3 is 20.5 Å². The van der Waals surface area contributed by atoms with Gasteiger partial charge in [0.15, 0.2) is 5.65 Å². The summed E-state index contributed by atoms with van der Waals surface area (Å²) in [5.74, 6) is -1.72. The molecule has 14 heteroatoms. The molecule has 0 bridgehead atoms. The van der Waals surface area contributed by atoms with Crippen LogP contribution in [0.1, 0.15) is 47.6 Å². The second kappa shape index (κ2) is 12.0. The Hall–Kier alpha value is -4.30. The molecule has 3 heterocycles. The van der Waals surface area contributed by atoms with Crippen LogP contribution in [0.5, 0.6) is 5.75 Å². The first-order valence-electron chi connectivity index (χ1n) is 14.3. The molecule has 2 aliphatic rings. The molecule has 3 N–H and O–H groups in total. The van der Waals surface area contributed by atoms with Crippen molar-refractivity contribution in [3.05, 3.63) is 59.7 Å². The first-order valence-corrected chi connectivity index (χ1v) is 14.3. The number of benzene rings is 2. The summed E-state index contributed by atoms with van der Waals surface area (Å²) in [6, 6.07) is 7.26. The predicted octanol–water partition coefficient (Wildman–Crippen LogP) is 5.31. The van der Waals surface area contributed by atoms with E-state index in [9.17, 15) is 22.4 Å². The van der Waals surface area contributed by atoms with Crippen LogP contribution in [0.25, 0.3) is 22.3 Å². The van der Waals surface area contributed by atoms with Gasteiger partial charge in [0.1, 0.15) is 29.4 Å². The number of nitrogens with zero attached hydrogens (tertiary/aromatic N) is 5. The van der Waals surface area contributed by atoms with Gasteiger partial charge in [0.2, 0.25) is 0 Å². The van der Waals surface area contributed by atoms with Gasteiger partial charge in [-0.05, 0) is 56.0 Å². The molecule has 4 aromatic rings. The number of anilines is 2. The summed E-state index contributed by atoms with van der Waals surface area (Å²) in [4.78, 5) is 24.0. The van der Waals surface area contributed by atoms with Gasteiger partial charge in [0, 0.05) is 24.7 Å². The number of hydrogen-bond donors (Lipinski definition) is 2. The van der Waals surface area contributed by atoms with E-state index < -0.39 is 29.0 Å². The van der Waals surface area contributed by atoms with E-state index in [1.165, 1.54) is 13.4 Å². The minimum absolute atomic E-state index is 0.122. The van der Waals surface area contributed by atoms with E-state index in [0.717, 1.165) is 58.1 Å². The molecule has 2 fully saturated rings. The Morgan fingerprint density at radius 3 is 2.45 bits per heavy atom. The molecule has 1 aliphatic carbocycles. The number of rotatable bonds is 6. The van der Waals surface area contributed by atoms with E-state index in [1.807, 2.05) is 4.68 Å². The summed E-state index contributed by atoms with van der Waals surface area (Å²) in [5.41, 5.74) is 6.57. The van der Waals surface area contributed by atoms with Crippen molar-refractivity contribution in [1.29, 1.82) is 0 Å². The fourth-order valence-corrected chi connectivity index (χ4v) is 6.07. The average Bonchev–Trinajstić information content (AvgIpc) is 3.42. The number of morpholine rings is 1. The van der Waals surface area contributed by atoms with Crippen LogP contribution in [-0.2, 0) is 10.9 Å². The van der Waals surface area contributed by atoms with Gasteiger partial charge in [-0.25, -0.2) is 19.0 Å². The maximum absolute atomic E-state index is 14.4. The Kier molecular flexibility index (Phi) is 8.12. The van der Waals surface area contributed by atoms with E-state index in [4.69, 9.17) is 20.3 Å². The highest BCUT2D eigenvalue weighted by molar-refractivity contribution is 6.06. The number of nitrogens with one attached hydrogen (secondary N) is 1. The topological polar surface area (TPSA) is 120 Å². The van der Waals surface area contributed by atoms with E-state index >= 15 is 0 Å². The monoisotopic (exact) mass is 613 g/mol. The largest absolute Gasteiger partial charge is 0.495 e. The van der Waals surface area contributed by atoms with Crippen LogP contribution < -0.4 is 15.8 Å². The highest BCUT2D eigenvalue weighted by Crippen LogP contribution is 2.39. The molecule has 1 saturated heterocycles. The number of carbonyl (C=O) groups excluding carboxylic acids is 1. The maximum atomic E-state index is 14.4. The van der Waals surface area contributed by atoms with Crippen LogP contribution in [0.3, 0.4) is 0 Å². The van der Waals surface area contributed by atoms with Gasteiger partial charge in [-0.3, -0.25) is 9.69 Å². The number of alkyl halides is 3. The summed E-state index contributed by atoms with van der Waals surface area (Å²) in [6.45, 7) is 3.43. The fourth-order valence-electron chi connectivity index (χ4n) is 6.07. The first kappa shape index (κ1) is 29.8. The third-order valence-electron chi connectivity index (χ3n) is 8.36. The van der Waals surface area contributed by atoms with Crippen LogP contribution in [-0.4, -0.2) is 70.0 Å². The predicted molar refractivity (Wildman–Crippen MR) is 155 cm³/mol. The third kappa shape index (κ3) is 5.78. The quantitative estimate of drug-likeness (QED) is 0.281. The lowest BCUT2D eigenvalue weighted by molar-refractivity contribution is -0.137. The van der Waals surface area contributed by atoms with Crippen molar-refractivity contribution in [2.45, 2.75) is 43.9 Å². The van der Waals surface area contributed by atoms with Gasteiger partial charge in [0.05, 0.1) is 48.6 Å². The Morgan fingerprint density at radius 2 is 1.77 bits per heavy atom. The van der Waals surface area contributed by atoms with E-state index in [-0.39, 0.29) is 29.4 Å². The molecule has 0 spiro atoms. The molecular formula is C30H31F4N7O3. The number of nitrogens with two attached hydrogens (primary N) is 1. The van der Waals surface area contributed by atoms with Crippen molar-refractivity contribution >= 4 is 28.4 Å². The molecule has 0 atom stereocenters. The molecule has 2 aromatic carbocycles. The number of aromatic nitrogens is 4. The highest BCUT2D eigenvalue weighted by Gasteiger charge is 2.32. The zero-order valence-electron chi connectivity index (χ0n) is 23.9. The third-order valence-corrected chi connectivity index (χ3v) is 8.36. The zero-order valence-corrected chi connectivity index (χ0v) is 23.9. The van der Waals surface area contributed by atoms with E-state index in [2.05, 4.69) is 20.2 Å². The van der Waals surface area contributed by atoms with Crippen molar-refractivity contribution in [2.75, 3.05) is 44.5 Å². The Balaban J connectivity index is 1.26. The minimum Gasteiger partial charge on any atom is -0.495 e. The molecule has 0 unspecified atom stereocenters. The summed E-state index contributed by atoms with van der Waals surface area (Å²) in [6.07, 6.45) is 0.600. The van der Waals surface area contributed by atoms with Gasteiger partial charge in [-0.15, -0.1) is 0 Å². The van der Waals surface area contributed by atoms with Crippen molar-refractivity contribution in [3.63, 3.8) is 0 Å². The van der Waals surface area contributed by atoms with Gasteiger partial charge >= 0.3 is 6.18 Å². The van der Waals surface area contributed by atoms with Crippen LogP contribution in [0.4, 0.5) is 29.1 Å². The molecule has 1 aliphatic heterocycles.